The van der Waals surface area contributed by atoms with Crippen molar-refractivity contribution < 1.29 is 4.79 Å². The molecule has 0 aliphatic carbocycles. The zero-order valence-electron chi connectivity index (χ0n) is 10.7. The van der Waals surface area contributed by atoms with Crippen LogP contribution < -0.4 is 5.32 Å². The maximum atomic E-state index is 12.2. The Kier molecular flexibility index (Phi) is 5.49. The number of carbonyl (C=O) groups excluding carboxylic acids is 1. The van der Waals surface area contributed by atoms with Crippen LogP contribution in [0.15, 0.2) is 18.2 Å². The van der Waals surface area contributed by atoms with Gasteiger partial charge in [0.2, 0.25) is 0 Å². The average molecular weight is 254 g/mol. The molecule has 17 heavy (non-hydrogen) atoms. The van der Waals surface area contributed by atoms with E-state index in [0.717, 1.165) is 29.5 Å². The van der Waals surface area contributed by atoms with E-state index >= 15 is 0 Å². The van der Waals surface area contributed by atoms with E-state index in [-0.39, 0.29) is 11.9 Å². The summed E-state index contributed by atoms with van der Waals surface area (Å²) in [5.41, 5.74) is 2.83. The van der Waals surface area contributed by atoms with Gasteiger partial charge in [0.15, 0.2) is 0 Å². The molecule has 2 nitrogen and oxygen atoms in total. The van der Waals surface area contributed by atoms with Crippen molar-refractivity contribution in [3.63, 3.8) is 0 Å². The van der Waals surface area contributed by atoms with E-state index in [0.29, 0.717) is 5.88 Å². The van der Waals surface area contributed by atoms with Crippen LogP contribution in [0, 0.1) is 13.8 Å². The summed E-state index contributed by atoms with van der Waals surface area (Å²) in [6.45, 7) is 5.98. The van der Waals surface area contributed by atoms with Gasteiger partial charge in [-0.1, -0.05) is 25.1 Å². The number of benzene rings is 1. The monoisotopic (exact) mass is 253 g/mol. The van der Waals surface area contributed by atoms with E-state index < -0.39 is 0 Å². The molecule has 0 aliphatic rings. The van der Waals surface area contributed by atoms with Crippen LogP contribution in [-0.2, 0) is 0 Å². The molecule has 94 valence electrons. The zero-order chi connectivity index (χ0) is 12.8. The van der Waals surface area contributed by atoms with Gasteiger partial charge >= 0.3 is 0 Å². The highest BCUT2D eigenvalue weighted by atomic mass is 35.5. The molecule has 3 heteroatoms. The van der Waals surface area contributed by atoms with Crippen molar-refractivity contribution in [1.82, 2.24) is 5.32 Å². The van der Waals surface area contributed by atoms with Crippen molar-refractivity contribution >= 4 is 17.5 Å². The molecular formula is C14H20ClNO. The Labute approximate surface area is 108 Å². The highest BCUT2D eigenvalue weighted by Gasteiger charge is 2.15. The zero-order valence-corrected chi connectivity index (χ0v) is 11.5. The van der Waals surface area contributed by atoms with Gasteiger partial charge < -0.3 is 5.32 Å². The summed E-state index contributed by atoms with van der Waals surface area (Å²) in [7, 11) is 0. The van der Waals surface area contributed by atoms with Gasteiger partial charge in [-0.25, -0.2) is 0 Å². The van der Waals surface area contributed by atoms with Gasteiger partial charge in [0, 0.05) is 17.5 Å². The van der Waals surface area contributed by atoms with E-state index in [4.69, 9.17) is 11.6 Å². The third-order valence-electron chi connectivity index (χ3n) is 2.99. The van der Waals surface area contributed by atoms with E-state index in [9.17, 15) is 4.79 Å². The Hall–Kier alpha value is -1.02. The SMILES string of the molecule is CCC(CCCl)NC(=O)c1c(C)cccc1C. The van der Waals surface area contributed by atoms with Gasteiger partial charge in [-0.15, -0.1) is 11.6 Å². The topological polar surface area (TPSA) is 29.1 Å². The van der Waals surface area contributed by atoms with Gasteiger partial charge in [-0.3, -0.25) is 4.79 Å². The lowest BCUT2D eigenvalue weighted by atomic mass is 10.0. The fraction of sp³-hybridized carbons (Fsp3) is 0.500. The number of alkyl halides is 1. The third-order valence-corrected chi connectivity index (χ3v) is 3.21. The van der Waals surface area contributed by atoms with Crippen LogP contribution in [0.25, 0.3) is 0 Å². The minimum atomic E-state index is 0.0116. The molecule has 1 unspecified atom stereocenters. The van der Waals surface area contributed by atoms with Crippen LogP contribution in [0.4, 0.5) is 0 Å². The predicted molar refractivity (Wildman–Crippen MR) is 72.8 cm³/mol. The van der Waals surface area contributed by atoms with Crippen molar-refractivity contribution in [2.75, 3.05) is 5.88 Å². The molecule has 0 radical (unpaired) electrons. The summed E-state index contributed by atoms with van der Waals surface area (Å²) >= 11 is 5.72. The van der Waals surface area contributed by atoms with Crippen molar-refractivity contribution in [2.24, 2.45) is 0 Å². The number of amides is 1. The highest BCUT2D eigenvalue weighted by Crippen LogP contribution is 2.13. The largest absolute Gasteiger partial charge is 0.349 e. The number of carbonyl (C=O) groups is 1. The first-order valence-electron chi connectivity index (χ1n) is 6.03. The number of aryl methyl sites for hydroxylation is 2. The van der Waals surface area contributed by atoms with Gasteiger partial charge in [-0.05, 0) is 37.8 Å². The molecule has 1 aromatic carbocycles. The Bertz CT molecular complexity index is 370. The Morgan fingerprint density at radius 2 is 1.94 bits per heavy atom. The lowest BCUT2D eigenvalue weighted by molar-refractivity contribution is 0.0934. The minimum absolute atomic E-state index is 0.0116. The van der Waals surface area contributed by atoms with Crippen LogP contribution in [-0.4, -0.2) is 17.8 Å². The summed E-state index contributed by atoms with van der Waals surface area (Å²) in [6.07, 6.45) is 1.72. The molecule has 0 spiro atoms. The van der Waals surface area contributed by atoms with Crippen LogP contribution in [0.3, 0.4) is 0 Å². The molecule has 1 rings (SSSR count). The molecule has 1 aromatic rings. The smallest absolute Gasteiger partial charge is 0.252 e. The molecule has 1 atom stereocenters. The number of hydrogen-bond acceptors (Lipinski definition) is 1. The van der Waals surface area contributed by atoms with Gasteiger partial charge in [0.05, 0.1) is 0 Å². The second-order valence-corrected chi connectivity index (χ2v) is 4.70. The number of hydrogen-bond donors (Lipinski definition) is 1. The van der Waals surface area contributed by atoms with Crippen molar-refractivity contribution in [3.05, 3.63) is 34.9 Å². The molecule has 0 bridgehead atoms. The van der Waals surface area contributed by atoms with Crippen LogP contribution in [0.1, 0.15) is 41.3 Å². The summed E-state index contributed by atoms with van der Waals surface area (Å²) in [5.74, 6) is 0.587. The molecular weight excluding hydrogens is 234 g/mol. The lowest BCUT2D eigenvalue weighted by Gasteiger charge is -2.17. The summed E-state index contributed by atoms with van der Waals surface area (Å²) in [4.78, 5) is 12.2. The van der Waals surface area contributed by atoms with E-state index in [1.54, 1.807) is 0 Å². The predicted octanol–water partition coefficient (Wildman–Crippen LogP) is 3.44. The Morgan fingerprint density at radius 1 is 1.35 bits per heavy atom. The van der Waals surface area contributed by atoms with E-state index in [1.807, 2.05) is 32.0 Å². The second kappa shape index (κ2) is 6.65. The highest BCUT2D eigenvalue weighted by molar-refractivity contribution is 6.17. The molecule has 1 N–H and O–H groups in total. The van der Waals surface area contributed by atoms with Crippen molar-refractivity contribution in [1.29, 1.82) is 0 Å². The van der Waals surface area contributed by atoms with Crippen molar-refractivity contribution in [3.8, 4) is 0 Å². The molecule has 0 heterocycles. The average Bonchev–Trinajstić information content (AvgIpc) is 2.28. The number of rotatable bonds is 5. The standard InChI is InChI=1S/C14H20ClNO/c1-4-12(8-9-15)16-14(17)13-10(2)6-5-7-11(13)3/h5-7,12H,4,8-9H2,1-3H3,(H,16,17). The molecule has 1 amide bonds. The number of nitrogens with one attached hydrogen (secondary N) is 1. The fourth-order valence-electron chi connectivity index (χ4n) is 1.94. The minimum Gasteiger partial charge on any atom is -0.349 e. The molecule has 0 saturated heterocycles. The summed E-state index contributed by atoms with van der Waals surface area (Å²) < 4.78 is 0. The van der Waals surface area contributed by atoms with Crippen LogP contribution in [0.5, 0.6) is 0 Å². The van der Waals surface area contributed by atoms with Crippen LogP contribution in [0.2, 0.25) is 0 Å². The maximum absolute atomic E-state index is 12.2. The van der Waals surface area contributed by atoms with Gasteiger partial charge in [0.25, 0.3) is 5.91 Å². The Morgan fingerprint density at radius 3 is 2.41 bits per heavy atom. The van der Waals surface area contributed by atoms with Crippen molar-refractivity contribution in [2.45, 2.75) is 39.7 Å². The molecule has 0 saturated carbocycles. The second-order valence-electron chi connectivity index (χ2n) is 4.32. The van der Waals surface area contributed by atoms with Gasteiger partial charge in [-0.2, -0.15) is 0 Å². The van der Waals surface area contributed by atoms with E-state index in [1.165, 1.54) is 0 Å². The van der Waals surface area contributed by atoms with Crippen LogP contribution >= 0.6 is 11.6 Å². The first-order chi connectivity index (χ1) is 8.10. The first kappa shape index (κ1) is 14.0. The summed E-state index contributed by atoms with van der Waals surface area (Å²) in [5, 5.41) is 3.04. The molecule has 0 aliphatic heterocycles. The Balaban J connectivity index is 2.82. The summed E-state index contributed by atoms with van der Waals surface area (Å²) in [6, 6.07) is 6.06. The third kappa shape index (κ3) is 3.74. The molecule has 0 aromatic heterocycles. The fourth-order valence-corrected chi connectivity index (χ4v) is 2.20. The quantitative estimate of drug-likeness (QED) is 0.801. The van der Waals surface area contributed by atoms with Gasteiger partial charge in [0.1, 0.15) is 0 Å². The lowest BCUT2D eigenvalue weighted by Crippen LogP contribution is -2.35. The normalized spacial score (nSPS) is 12.2. The maximum Gasteiger partial charge on any atom is 0.252 e. The number of halogens is 1. The molecule has 0 fully saturated rings. The van der Waals surface area contributed by atoms with E-state index in [2.05, 4.69) is 12.2 Å². The first-order valence-corrected chi connectivity index (χ1v) is 6.56.